The molecule has 1 aliphatic rings. The van der Waals surface area contributed by atoms with Crippen molar-refractivity contribution in [2.75, 3.05) is 23.7 Å². The molecule has 0 aromatic heterocycles. The second-order valence-electron chi connectivity index (χ2n) is 9.52. The van der Waals surface area contributed by atoms with Crippen LogP contribution < -0.4 is 15.0 Å². The van der Waals surface area contributed by atoms with E-state index in [0.29, 0.717) is 25.1 Å². The number of alkyl halides is 3. The molecule has 2 atom stereocenters. The predicted molar refractivity (Wildman–Crippen MR) is 144 cm³/mol. The van der Waals surface area contributed by atoms with E-state index >= 15 is 4.39 Å². The van der Waals surface area contributed by atoms with Gasteiger partial charge in [0.05, 0.1) is 47.0 Å². The molecule has 1 fully saturated rings. The average molecular weight is 590 g/mol. The fourth-order valence-corrected chi connectivity index (χ4v) is 5.41. The number of hydrogen-bond donors (Lipinski definition) is 1. The minimum Gasteiger partial charge on any atom is -0.489 e. The van der Waals surface area contributed by atoms with Crippen molar-refractivity contribution in [1.29, 1.82) is 5.26 Å². The topological polar surface area (TPSA) is 99.5 Å². The van der Waals surface area contributed by atoms with Crippen molar-refractivity contribution in [2.45, 2.75) is 43.0 Å². The number of rotatable bonds is 9. The zero-order valence-corrected chi connectivity index (χ0v) is 22.8. The van der Waals surface area contributed by atoms with Crippen molar-refractivity contribution in [3.05, 3.63) is 89.2 Å². The van der Waals surface area contributed by atoms with E-state index in [0.717, 1.165) is 18.2 Å². The monoisotopic (exact) mass is 589 g/mol. The van der Waals surface area contributed by atoms with E-state index in [9.17, 15) is 31.6 Å². The van der Waals surface area contributed by atoms with Crippen LogP contribution in [0.2, 0.25) is 0 Å². The molecule has 0 aliphatic carbocycles. The lowest BCUT2D eigenvalue weighted by atomic mass is 10.0. The van der Waals surface area contributed by atoms with Gasteiger partial charge in [-0.15, -0.1) is 0 Å². The van der Waals surface area contributed by atoms with Gasteiger partial charge < -0.3 is 15.0 Å². The van der Waals surface area contributed by atoms with Crippen LogP contribution in [0, 0.1) is 17.1 Å². The number of hydrogen-bond acceptors (Lipinski definition) is 6. The van der Waals surface area contributed by atoms with Gasteiger partial charge in [0.1, 0.15) is 17.7 Å². The van der Waals surface area contributed by atoms with E-state index in [1.165, 1.54) is 55.5 Å². The Labute approximate surface area is 235 Å². The Morgan fingerprint density at radius 3 is 2.39 bits per heavy atom. The van der Waals surface area contributed by atoms with Gasteiger partial charge in [-0.05, 0) is 60.2 Å². The van der Waals surface area contributed by atoms with E-state index in [-0.39, 0.29) is 40.2 Å². The van der Waals surface area contributed by atoms with Gasteiger partial charge in [0.25, 0.3) is 5.91 Å². The Morgan fingerprint density at radius 1 is 1.12 bits per heavy atom. The molecule has 0 unspecified atom stereocenters. The van der Waals surface area contributed by atoms with Gasteiger partial charge in [-0.2, -0.15) is 18.4 Å². The first-order valence-electron chi connectivity index (χ1n) is 12.8. The van der Waals surface area contributed by atoms with Crippen molar-refractivity contribution in [1.82, 2.24) is 5.32 Å². The molecule has 216 valence electrons. The maximum atomic E-state index is 15.1. The first-order valence-corrected chi connectivity index (χ1v) is 14.5. The Kier molecular flexibility index (Phi) is 8.87. The second kappa shape index (κ2) is 12.2. The Bertz CT molecular complexity index is 1540. The summed E-state index contributed by atoms with van der Waals surface area (Å²) < 4.78 is 83.3. The molecule has 0 bridgehead atoms. The molecular formula is C29H27F4N3O4S. The lowest BCUT2D eigenvalue weighted by molar-refractivity contribution is -0.137. The molecule has 3 aromatic rings. The van der Waals surface area contributed by atoms with Crippen molar-refractivity contribution in [2.24, 2.45) is 0 Å². The van der Waals surface area contributed by atoms with Crippen LogP contribution >= 0.6 is 0 Å². The van der Waals surface area contributed by atoms with Crippen LogP contribution in [0.25, 0.3) is 0 Å². The molecule has 0 saturated carbocycles. The standard InChI is InChI=1S/C29H27F4N3O4S/c1-2-41(38,39)24-10-3-19(4-11-24)26(13-15-34)35-28(37)20-5-12-27(25(30)17-20)36-16-14-23(18-36)40-22-8-6-21(7-9-22)29(31,32)33/h3-12,17,23,26H,2,13-14,16,18H2,1H3,(H,35,37)/t23-,26+/m1/s1. The van der Waals surface area contributed by atoms with Gasteiger partial charge in [0.15, 0.2) is 9.84 Å². The number of carbonyl (C=O) groups is 1. The number of anilines is 1. The molecule has 1 aliphatic heterocycles. The number of carbonyl (C=O) groups excluding carboxylic acids is 1. The van der Waals surface area contributed by atoms with Gasteiger partial charge in [-0.3, -0.25) is 4.79 Å². The summed E-state index contributed by atoms with van der Waals surface area (Å²) in [7, 11) is -3.40. The molecule has 1 amide bonds. The number of benzene rings is 3. The van der Waals surface area contributed by atoms with Crippen LogP contribution in [0.3, 0.4) is 0 Å². The zero-order chi connectivity index (χ0) is 29.8. The lowest BCUT2D eigenvalue weighted by Crippen LogP contribution is -2.29. The fraction of sp³-hybridized carbons (Fsp3) is 0.310. The van der Waals surface area contributed by atoms with Crippen molar-refractivity contribution < 1.29 is 35.5 Å². The average Bonchev–Trinajstić information content (AvgIpc) is 3.40. The molecule has 4 rings (SSSR count). The first kappa shape index (κ1) is 29.9. The highest BCUT2D eigenvalue weighted by atomic mass is 32.2. The highest BCUT2D eigenvalue weighted by Crippen LogP contribution is 2.32. The van der Waals surface area contributed by atoms with Crippen LogP contribution in [0.15, 0.2) is 71.6 Å². The molecule has 12 heteroatoms. The Balaban J connectivity index is 1.40. The van der Waals surface area contributed by atoms with Gasteiger partial charge >= 0.3 is 6.18 Å². The molecule has 1 saturated heterocycles. The lowest BCUT2D eigenvalue weighted by Gasteiger charge is -2.21. The summed E-state index contributed by atoms with van der Waals surface area (Å²) in [4.78, 5) is 14.8. The number of nitrogens with one attached hydrogen (secondary N) is 1. The molecular weight excluding hydrogens is 562 g/mol. The van der Waals surface area contributed by atoms with Crippen molar-refractivity contribution in [3.63, 3.8) is 0 Å². The maximum absolute atomic E-state index is 15.1. The van der Waals surface area contributed by atoms with E-state index in [4.69, 9.17) is 4.74 Å². The second-order valence-corrected chi connectivity index (χ2v) is 11.8. The van der Waals surface area contributed by atoms with Crippen LogP contribution in [-0.2, 0) is 16.0 Å². The van der Waals surface area contributed by atoms with E-state index in [1.54, 1.807) is 4.90 Å². The van der Waals surface area contributed by atoms with Crippen molar-refractivity contribution in [3.8, 4) is 11.8 Å². The van der Waals surface area contributed by atoms with Crippen molar-refractivity contribution >= 4 is 21.4 Å². The SMILES string of the molecule is CCS(=O)(=O)c1ccc([C@H](CC#N)NC(=O)c2ccc(N3CC[C@@H](Oc4ccc(C(F)(F)F)cc4)C3)c(F)c2)cc1. The van der Waals surface area contributed by atoms with Gasteiger partial charge in [0, 0.05) is 18.5 Å². The third kappa shape index (κ3) is 7.16. The number of ether oxygens (including phenoxy) is 1. The van der Waals surface area contributed by atoms with Crippen LogP contribution in [-0.4, -0.2) is 39.3 Å². The number of sulfone groups is 1. The molecule has 0 radical (unpaired) electrons. The number of nitriles is 1. The largest absolute Gasteiger partial charge is 0.489 e. The Hall–Kier alpha value is -4.11. The predicted octanol–water partition coefficient (Wildman–Crippen LogP) is 5.68. The first-order chi connectivity index (χ1) is 19.4. The summed E-state index contributed by atoms with van der Waals surface area (Å²) in [5.74, 6) is -1.02. The number of nitrogens with zero attached hydrogens (tertiary/aromatic N) is 2. The zero-order valence-electron chi connectivity index (χ0n) is 22.0. The Morgan fingerprint density at radius 2 is 1.80 bits per heavy atom. The third-order valence-electron chi connectivity index (χ3n) is 6.80. The minimum absolute atomic E-state index is 0.0381. The fourth-order valence-electron chi connectivity index (χ4n) is 4.52. The van der Waals surface area contributed by atoms with Crippen LogP contribution in [0.4, 0.5) is 23.2 Å². The minimum atomic E-state index is -4.44. The summed E-state index contributed by atoms with van der Waals surface area (Å²) >= 11 is 0. The summed E-state index contributed by atoms with van der Waals surface area (Å²) in [5.41, 5.74) is 0.0454. The van der Waals surface area contributed by atoms with E-state index in [2.05, 4.69) is 5.32 Å². The van der Waals surface area contributed by atoms with E-state index in [1.807, 2.05) is 6.07 Å². The van der Waals surface area contributed by atoms with Gasteiger partial charge in [-0.1, -0.05) is 19.1 Å². The van der Waals surface area contributed by atoms with Crippen LogP contribution in [0.5, 0.6) is 5.75 Å². The number of halogens is 4. The summed E-state index contributed by atoms with van der Waals surface area (Å²) in [6, 6.07) is 15.6. The van der Waals surface area contributed by atoms with Gasteiger partial charge in [0.2, 0.25) is 0 Å². The summed E-state index contributed by atoms with van der Waals surface area (Å²) in [6.07, 6.45) is -4.36. The third-order valence-corrected chi connectivity index (χ3v) is 8.55. The number of amides is 1. The highest BCUT2D eigenvalue weighted by Gasteiger charge is 2.31. The molecule has 0 spiro atoms. The smallest absolute Gasteiger partial charge is 0.416 e. The molecule has 1 heterocycles. The molecule has 41 heavy (non-hydrogen) atoms. The van der Waals surface area contributed by atoms with E-state index < -0.39 is 39.3 Å². The quantitative estimate of drug-likeness (QED) is 0.323. The molecule has 7 nitrogen and oxygen atoms in total. The van der Waals surface area contributed by atoms with Gasteiger partial charge in [-0.25, -0.2) is 12.8 Å². The highest BCUT2D eigenvalue weighted by molar-refractivity contribution is 7.91. The normalized spacial score (nSPS) is 16.2. The van der Waals surface area contributed by atoms with Crippen LogP contribution in [0.1, 0.15) is 47.3 Å². The summed E-state index contributed by atoms with van der Waals surface area (Å²) in [5, 5.41) is 12.0. The summed E-state index contributed by atoms with van der Waals surface area (Å²) in [6.45, 7) is 2.28. The molecule has 3 aromatic carbocycles. The maximum Gasteiger partial charge on any atom is 0.416 e. The molecule has 1 N–H and O–H groups in total.